The standard InChI is InChI=1S/C12H17NO3S/c1-7-5-17-6-10(7)4-13-11(14)8(2)9(3)12(15)16/h5-6,8-9H,4H2,1-3H3,(H,13,14)(H,15,16). The van der Waals surface area contributed by atoms with Crippen molar-refractivity contribution in [1.29, 1.82) is 0 Å². The molecule has 1 heterocycles. The average molecular weight is 255 g/mol. The number of hydrogen-bond acceptors (Lipinski definition) is 3. The lowest BCUT2D eigenvalue weighted by Crippen LogP contribution is -2.34. The molecule has 0 fully saturated rings. The summed E-state index contributed by atoms with van der Waals surface area (Å²) in [5.41, 5.74) is 2.23. The Balaban J connectivity index is 2.50. The van der Waals surface area contributed by atoms with Crippen LogP contribution in [0, 0.1) is 18.8 Å². The van der Waals surface area contributed by atoms with Gasteiger partial charge in [0.15, 0.2) is 0 Å². The minimum Gasteiger partial charge on any atom is -0.481 e. The number of carboxylic acids is 1. The largest absolute Gasteiger partial charge is 0.481 e. The van der Waals surface area contributed by atoms with Crippen LogP contribution in [-0.4, -0.2) is 17.0 Å². The summed E-state index contributed by atoms with van der Waals surface area (Å²) in [5.74, 6) is -2.35. The Morgan fingerprint density at radius 2 is 2.00 bits per heavy atom. The second kappa shape index (κ2) is 5.82. The van der Waals surface area contributed by atoms with Crippen molar-refractivity contribution in [3.8, 4) is 0 Å². The molecule has 0 aliphatic rings. The van der Waals surface area contributed by atoms with Gasteiger partial charge in [0.1, 0.15) is 0 Å². The summed E-state index contributed by atoms with van der Waals surface area (Å²) in [6, 6.07) is 0. The van der Waals surface area contributed by atoms with E-state index in [1.807, 2.05) is 17.7 Å². The van der Waals surface area contributed by atoms with Crippen molar-refractivity contribution in [2.75, 3.05) is 0 Å². The maximum Gasteiger partial charge on any atom is 0.307 e. The van der Waals surface area contributed by atoms with Crippen molar-refractivity contribution in [3.63, 3.8) is 0 Å². The molecule has 1 aromatic rings. The fourth-order valence-electron chi connectivity index (χ4n) is 1.35. The molecule has 2 unspecified atom stereocenters. The number of nitrogens with one attached hydrogen (secondary N) is 1. The molecule has 1 rings (SSSR count). The summed E-state index contributed by atoms with van der Waals surface area (Å²) in [5, 5.41) is 15.6. The molecule has 0 saturated carbocycles. The van der Waals surface area contributed by atoms with Crippen molar-refractivity contribution in [1.82, 2.24) is 5.32 Å². The maximum absolute atomic E-state index is 11.7. The van der Waals surface area contributed by atoms with Gasteiger partial charge in [0.2, 0.25) is 5.91 Å². The summed E-state index contributed by atoms with van der Waals surface area (Å²) in [4.78, 5) is 22.5. The smallest absolute Gasteiger partial charge is 0.307 e. The number of thiophene rings is 1. The third kappa shape index (κ3) is 3.56. The van der Waals surface area contributed by atoms with Crippen LogP contribution >= 0.6 is 11.3 Å². The molecule has 2 atom stereocenters. The third-order valence-corrected chi connectivity index (χ3v) is 3.88. The van der Waals surface area contributed by atoms with Crippen molar-refractivity contribution < 1.29 is 14.7 Å². The van der Waals surface area contributed by atoms with Gasteiger partial charge in [-0.2, -0.15) is 11.3 Å². The minimum atomic E-state index is -0.945. The molecule has 4 nitrogen and oxygen atoms in total. The Kier molecular flexibility index (Phi) is 4.69. The lowest BCUT2D eigenvalue weighted by molar-refractivity contribution is -0.146. The van der Waals surface area contributed by atoms with Crippen LogP contribution in [0.3, 0.4) is 0 Å². The zero-order valence-electron chi connectivity index (χ0n) is 10.2. The molecular formula is C12H17NO3S. The van der Waals surface area contributed by atoms with Crippen LogP contribution in [0.15, 0.2) is 10.8 Å². The monoisotopic (exact) mass is 255 g/mol. The van der Waals surface area contributed by atoms with E-state index in [9.17, 15) is 9.59 Å². The van der Waals surface area contributed by atoms with Crippen LogP contribution in [0.2, 0.25) is 0 Å². The minimum absolute atomic E-state index is 0.217. The fraction of sp³-hybridized carbons (Fsp3) is 0.500. The third-order valence-electron chi connectivity index (χ3n) is 2.97. The molecule has 17 heavy (non-hydrogen) atoms. The number of hydrogen-bond donors (Lipinski definition) is 2. The highest BCUT2D eigenvalue weighted by Crippen LogP contribution is 2.15. The van der Waals surface area contributed by atoms with Gasteiger partial charge in [0.25, 0.3) is 0 Å². The molecule has 0 saturated heterocycles. The predicted octanol–water partition coefficient (Wildman–Crippen LogP) is 2.03. The number of aryl methyl sites for hydroxylation is 1. The van der Waals surface area contributed by atoms with E-state index in [1.54, 1.807) is 25.2 Å². The maximum atomic E-state index is 11.7. The average Bonchev–Trinajstić information content (AvgIpc) is 2.69. The molecule has 94 valence electrons. The SMILES string of the molecule is Cc1cscc1CNC(=O)C(C)C(C)C(=O)O. The van der Waals surface area contributed by atoms with Crippen LogP contribution in [0.1, 0.15) is 25.0 Å². The lowest BCUT2D eigenvalue weighted by Gasteiger charge is -2.15. The van der Waals surface area contributed by atoms with Gasteiger partial charge >= 0.3 is 5.97 Å². The second-order valence-corrected chi connectivity index (χ2v) is 4.96. The predicted molar refractivity (Wildman–Crippen MR) is 66.9 cm³/mol. The fourth-order valence-corrected chi connectivity index (χ4v) is 2.21. The number of amides is 1. The van der Waals surface area contributed by atoms with E-state index >= 15 is 0 Å². The first-order valence-electron chi connectivity index (χ1n) is 5.45. The van der Waals surface area contributed by atoms with Gasteiger partial charge in [0, 0.05) is 12.5 Å². The zero-order chi connectivity index (χ0) is 13.0. The Labute approximate surface area is 105 Å². The molecule has 5 heteroatoms. The van der Waals surface area contributed by atoms with Crippen molar-refractivity contribution >= 4 is 23.2 Å². The first-order valence-corrected chi connectivity index (χ1v) is 6.40. The van der Waals surface area contributed by atoms with Gasteiger partial charge in [0.05, 0.1) is 5.92 Å². The van der Waals surface area contributed by atoms with Gasteiger partial charge in [-0.15, -0.1) is 0 Å². The molecule has 0 aliphatic heterocycles. The first-order chi connectivity index (χ1) is 7.93. The number of aliphatic carboxylic acids is 1. The Bertz CT molecular complexity index is 414. The molecule has 0 spiro atoms. The molecule has 2 N–H and O–H groups in total. The molecule has 0 aromatic carbocycles. The summed E-state index contributed by atoms with van der Waals surface area (Å²) < 4.78 is 0. The summed E-state index contributed by atoms with van der Waals surface area (Å²) >= 11 is 1.59. The summed E-state index contributed by atoms with van der Waals surface area (Å²) in [7, 11) is 0. The van der Waals surface area contributed by atoms with Crippen LogP contribution in [-0.2, 0) is 16.1 Å². The van der Waals surface area contributed by atoms with Crippen molar-refractivity contribution in [2.24, 2.45) is 11.8 Å². The van der Waals surface area contributed by atoms with Crippen LogP contribution in [0.4, 0.5) is 0 Å². The first kappa shape index (κ1) is 13.7. The van der Waals surface area contributed by atoms with E-state index in [1.165, 1.54) is 0 Å². The molecule has 0 bridgehead atoms. The van der Waals surface area contributed by atoms with E-state index < -0.39 is 17.8 Å². The Hall–Kier alpha value is -1.36. The molecule has 0 radical (unpaired) electrons. The van der Waals surface area contributed by atoms with Gasteiger partial charge in [-0.3, -0.25) is 9.59 Å². The van der Waals surface area contributed by atoms with Crippen LogP contribution < -0.4 is 5.32 Å². The van der Waals surface area contributed by atoms with Gasteiger partial charge in [-0.25, -0.2) is 0 Å². The van der Waals surface area contributed by atoms with Crippen LogP contribution in [0.25, 0.3) is 0 Å². The number of carbonyl (C=O) groups is 2. The zero-order valence-corrected chi connectivity index (χ0v) is 11.0. The highest BCUT2D eigenvalue weighted by molar-refractivity contribution is 7.08. The molecule has 1 amide bonds. The van der Waals surface area contributed by atoms with E-state index in [2.05, 4.69) is 5.32 Å². The number of carbonyl (C=O) groups excluding carboxylic acids is 1. The summed E-state index contributed by atoms with van der Waals surface area (Å²) in [6.45, 7) is 5.63. The molecule has 0 aliphatic carbocycles. The van der Waals surface area contributed by atoms with Gasteiger partial charge in [-0.1, -0.05) is 13.8 Å². The quantitative estimate of drug-likeness (QED) is 0.846. The van der Waals surface area contributed by atoms with E-state index in [0.29, 0.717) is 6.54 Å². The van der Waals surface area contributed by atoms with E-state index in [0.717, 1.165) is 11.1 Å². The Morgan fingerprint density at radius 3 is 2.47 bits per heavy atom. The normalized spacial score (nSPS) is 14.1. The molecule has 1 aromatic heterocycles. The summed E-state index contributed by atoms with van der Waals surface area (Å²) in [6.07, 6.45) is 0. The number of carboxylic acid groups (broad SMARTS) is 1. The second-order valence-electron chi connectivity index (χ2n) is 4.21. The van der Waals surface area contributed by atoms with E-state index in [-0.39, 0.29) is 5.91 Å². The topological polar surface area (TPSA) is 66.4 Å². The Morgan fingerprint density at radius 1 is 1.35 bits per heavy atom. The number of rotatable bonds is 5. The van der Waals surface area contributed by atoms with Gasteiger partial charge < -0.3 is 10.4 Å². The lowest BCUT2D eigenvalue weighted by atomic mass is 9.95. The van der Waals surface area contributed by atoms with Gasteiger partial charge in [-0.05, 0) is 28.8 Å². The van der Waals surface area contributed by atoms with E-state index in [4.69, 9.17) is 5.11 Å². The highest BCUT2D eigenvalue weighted by atomic mass is 32.1. The molecular weight excluding hydrogens is 238 g/mol. The van der Waals surface area contributed by atoms with Crippen LogP contribution in [0.5, 0.6) is 0 Å². The van der Waals surface area contributed by atoms with Crippen molar-refractivity contribution in [2.45, 2.75) is 27.3 Å². The highest BCUT2D eigenvalue weighted by Gasteiger charge is 2.25. The van der Waals surface area contributed by atoms with Crippen molar-refractivity contribution in [3.05, 3.63) is 21.9 Å².